The summed E-state index contributed by atoms with van der Waals surface area (Å²) >= 11 is 1.30. The minimum absolute atomic E-state index is 0.0302. The number of halogens is 1. The second kappa shape index (κ2) is 10.4. The molecule has 0 saturated heterocycles. The predicted molar refractivity (Wildman–Crippen MR) is 128 cm³/mol. The molecule has 1 heterocycles. The Morgan fingerprint density at radius 1 is 0.818 bits per heavy atom. The maximum absolute atomic E-state index is 14.3. The minimum atomic E-state index is -0.569. The van der Waals surface area contributed by atoms with Crippen molar-refractivity contribution in [3.63, 3.8) is 0 Å². The van der Waals surface area contributed by atoms with Crippen LogP contribution in [0.1, 0.15) is 52.1 Å². The van der Waals surface area contributed by atoms with Crippen LogP contribution in [0.15, 0.2) is 60.0 Å². The molecule has 6 nitrogen and oxygen atoms in total. The van der Waals surface area contributed by atoms with Gasteiger partial charge in [0.05, 0.1) is 21.8 Å². The molecular formula is C25H24FN3O3S. The number of anilines is 3. The zero-order chi connectivity index (χ0) is 23.2. The maximum atomic E-state index is 14.3. The van der Waals surface area contributed by atoms with E-state index in [2.05, 4.69) is 16.0 Å². The van der Waals surface area contributed by atoms with Crippen LogP contribution in [0.25, 0.3) is 0 Å². The van der Waals surface area contributed by atoms with E-state index in [4.69, 9.17) is 0 Å². The van der Waals surface area contributed by atoms with Crippen LogP contribution in [-0.4, -0.2) is 17.7 Å². The summed E-state index contributed by atoms with van der Waals surface area (Å²) in [7, 11) is 0. The normalized spacial score (nSPS) is 13.8. The van der Waals surface area contributed by atoms with Gasteiger partial charge in [0, 0.05) is 11.6 Å². The number of hydrogen-bond acceptors (Lipinski definition) is 4. The van der Waals surface area contributed by atoms with Gasteiger partial charge in [-0.25, -0.2) is 4.39 Å². The van der Waals surface area contributed by atoms with Crippen molar-refractivity contribution in [2.75, 3.05) is 16.0 Å². The molecule has 1 aromatic heterocycles. The number of hydrogen-bond donors (Lipinski definition) is 3. The van der Waals surface area contributed by atoms with Crippen LogP contribution in [0.3, 0.4) is 0 Å². The lowest BCUT2D eigenvalue weighted by Gasteiger charge is -2.21. The fourth-order valence-corrected chi connectivity index (χ4v) is 4.50. The highest BCUT2D eigenvalue weighted by Gasteiger charge is 2.22. The SMILES string of the molecule is O=C(Nc1ccccc1C(=O)Nc1ccc(F)c(NC(=O)C2CCCCC2)c1)c1cccs1. The molecule has 0 bridgehead atoms. The smallest absolute Gasteiger partial charge is 0.265 e. The van der Waals surface area contributed by atoms with Crippen LogP contribution in [0, 0.1) is 11.7 Å². The lowest BCUT2D eigenvalue weighted by molar-refractivity contribution is -0.120. The summed E-state index contributed by atoms with van der Waals surface area (Å²) in [5.41, 5.74) is 0.989. The molecule has 0 spiro atoms. The monoisotopic (exact) mass is 465 g/mol. The fraction of sp³-hybridized carbons (Fsp3) is 0.240. The Morgan fingerprint density at radius 3 is 2.36 bits per heavy atom. The quantitative estimate of drug-likeness (QED) is 0.423. The summed E-state index contributed by atoms with van der Waals surface area (Å²) in [6.45, 7) is 0. The Balaban J connectivity index is 1.47. The van der Waals surface area contributed by atoms with Crippen molar-refractivity contribution < 1.29 is 18.8 Å². The molecule has 0 atom stereocenters. The summed E-state index contributed by atoms with van der Waals surface area (Å²) < 4.78 is 14.3. The van der Waals surface area contributed by atoms with E-state index in [1.54, 1.807) is 41.8 Å². The van der Waals surface area contributed by atoms with Crippen molar-refractivity contribution in [2.45, 2.75) is 32.1 Å². The first-order chi connectivity index (χ1) is 16.0. The summed E-state index contributed by atoms with van der Waals surface area (Å²) in [5, 5.41) is 9.94. The highest BCUT2D eigenvalue weighted by atomic mass is 32.1. The summed E-state index contributed by atoms with van der Waals surface area (Å²) in [5.74, 6) is -1.65. The van der Waals surface area contributed by atoms with Gasteiger partial charge >= 0.3 is 0 Å². The molecule has 0 radical (unpaired) electrons. The van der Waals surface area contributed by atoms with Crippen molar-refractivity contribution in [1.82, 2.24) is 0 Å². The van der Waals surface area contributed by atoms with Gasteiger partial charge in [0.25, 0.3) is 11.8 Å². The van der Waals surface area contributed by atoms with Crippen molar-refractivity contribution in [3.05, 3.63) is 76.2 Å². The van der Waals surface area contributed by atoms with E-state index >= 15 is 0 Å². The van der Waals surface area contributed by atoms with Gasteiger partial charge in [-0.15, -0.1) is 11.3 Å². The number of para-hydroxylation sites is 1. The molecule has 8 heteroatoms. The molecular weight excluding hydrogens is 441 g/mol. The molecule has 3 N–H and O–H groups in total. The second-order valence-corrected chi connectivity index (χ2v) is 8.90. The van der Waals surface area contributed by atoms with Crippen molar-refractivity contribution >= 4 is 46.1 Å². The largest absolute Gasteiger partial charge is 0.323 e. The predicted octanol–water partition coefficient (Wildman–Crippen LogP) is 5.91. The number of carbonyl (C=O) groups excluding carboxylic acids is 3. The van der Waals surface area contributed by atoms with Gasteiger partial charge in [0.2, 0.25) is 5.91 Å². The Bertz CT molecular complexity index is 1160. The minimum Gasteiger partial charge on any atom is -0.323 e. The molecule has 0 aliphatic heterocycles. The summed E-state index contributed by atoms with van der Waals surface area (Å²) in [6, 6.07) is 14.2. The Morgan fingerprint density at radius 2 is 1.61 bits per heavy atom. The molecule has 0 unspecified atom stereocenters. The summed E-state index contributed by atoms with van der Waals surface area (Å²) in [6.07, 6.45) is 4.73. The van der Waals surface area contributed by atoms with Crippen LogP contribution >= 0.6 is 11.3 Å². The summed E-state index contributed by atoms with van der Waals surface area (Å²) in [4.78, 5) is 38.4. The highest BCUT2D eigenvalue weighted by molar-refractivity contribution is 7.12. The van der Waals surface area contributed by atoms with E-state index in [0.29, 0.717) is 16.3 Å². The van der Waals surface area contributed by atoms with Crippen LogP contribution in [0.4, 0.5) is 21.5 Å². The molecule has 3 aromatic rings. The average Bonchev–Trinajstić information content (AvgIpc) is 3.37. The van der Waals surface area contributed by atoms with Gasteiger partial charge in [-0.2, -0.15) is 0 Å². The van der Waals surface area contributed by atoms with Gasteiger partial charge < -0.3 is 16.0 Å². The van der Waals surface area contributed by atoms with Crippen molar-refractivity contribution in [2.24, 2.45) is 5.92 Å². The lowest BCUT2D eigenvalue weighted by atomic mass is 9.88. The molecule has 1 aliphatic carbocycles. The molecule has 1 saturated carbocycles. The number of benzene rings is 2. The van der Waals surface area contributed by atoms with Gasteiger partial charge in [0.1, 0.15) is 5.82 Å². The van der Waals surface area contributed by atoms with Crippen LogP contribution in [0.5, 0.6) is 0 Å². The zero-order valence-corrected chi connectivity index (χ0v) is 18.7. The molecule has 33 heavy (non-hydrogen) atoms. The molecule has 2 aromatic carbocycles. The molecule has 1 fully saturated rings. The van der Waals surface area contributed by atoms with E-state index in [0.717, 1.165) is 32.1 Å². The molecule has 1 aliphatic rings. The van der Waals surface area contributed by atoms with Gasteiger partial charge in [-0.05, 0) is 54.6 Å². The molecule has 3 amide bonds. The number of rotatable bonds is 6. The van der Waals surface area contributed by atoms with Crippen LogP contribution < -0.4 is 16.0 Å². The van der Waals surface area contributed by atoms with Gasteiger partial charge in [-0.3, -0.25) is 14.4 Å². The topological polar surface area (TPSA) is 87.3 Å². The number of carbonyl (C=O) groups is 3. The van der Waals surface area contributed by atoms with E-state index < -0.39 is 11.7 Å². The van der Waals surface area contributed by atoms with Gasteiger partial charge in [0.15, 0.2) is 0 Å². The standard InChI is InChI=1S/C25H24FN3O3S/c26-19-13-12-17(15-21(19)29-23(30)16-7-2-1-3-8-16)27-24(31)18-9-4-5-10-20(18)28-25(32)22-11-6-14-33-22/h4-6,9-16H,1-3,7-8H2,(H,27,31)(H,28,32)(H,29,30). The third kappa shape index (κ3) is 5.64. The number of amides is 3. The fourth-order valence-electron chi connectivity index (χ4n) is 3.88. The van der Waals surface area contributed by atoms with Crippen molar-refractivity contribution in [3.8, 4) is 0 Å². The van der Waals surface area contributed by atoms with Gasteiger partial charge in [-0.1, -0.05) is 37.5 Å². The average molecular weight is 466 g/mol. The van der Waals surface area contributed by atoms with E-state index in [1.807, 2.05) is 0 Å². The first-order valence-corrected chi connectivity index (χ1v) is 11.7. The first kappa shape index (κ1) is 22.7. The molecule has 170 valence electrons. The number of thiophene rings is 1. The second-order valence-electron chi connectivity index (χ2n) is 7.95. The lowest BCUT2D eigenvalue weighted by Crippen LogP contribution is -2.25. The zero-order valence-electron chi connectivity index (χ0n) is 17.9. The maximum Gasteiger partial charge on any atom is 0.265 e. The third-order valence-corrected chi connectivity index (χ3v) is 6.49. The third-order valence-electron chi connectivity index (χ3n) is 5.62. The highest BCUT2D eigenvalue weighted by Crippen LogP contribution is 2.27. The first-order valence-electron chi connectivity index (χ1n) is 10.9. The van der Waals surface area contributed by atoms with Crippen molar-refractivity contribution in [1.29, 1.82) is 0 Å². The Kier molecular flexibility index (Phi) is 7.14. The number of nitrogens with one attached hydrogen (secondary N) is 3. The Labute approximate surface area is 195 Å². The van der Waals surface area contributed by atoms with E-state index in [1.165, 1.54) is 29.5 Å². The molecule has 4 rings (SSSR count). The van der Waals surface area contributed by atoms with Crippen LogP contribution in [0.2, 0.25) is 0 Å². The van der Waals surface area contributed by atoms with E-state index in [9.17, 15) is 18.8 Å². The Hall–Kier alpha value is -3.52. The van der Waals surface area contributed by atoms with Crippen LogP contribution in [-0.2, 0) is 4.79 Å². The van der Waals surface area contributed by atoms with E-state index in [-0.39, 0.29) is 29.0 Å².